The van der Waals surface area contributed by atoms with Crippen molar-refractivity contribution in [2.75, 3.05) is 7.11 Å². The number of halogens is 1. The Hall–Kier alpha value is -0.380. The summed E-state index contributed by atoms with van der Waals surface area (Å²) in [5, 5.41) is 9.72. The van der Waals surface area contributed by atoms with Gasteiger partial charge in [0.1, 0.15) is 0 Å². The third-order valence-electron chi connectivity index (χ3n) is 2.25. The molecule has 1 aromatic carbocycles. The number of rotatable bonds is 4. The highest BCUT2D eigenvalue weighted by Crippen LogP contribution is 2.14. The van der Waals surface area contributed by atoms with Crippen LogP contribution in [-0.2, 0) is 11.2 Å². The monoisotopic (exact) mass is 258 g/mol. The molecular weight excluding hydrogens is 244 g/mol. The van der Waals surface area contributed by atoms with Crippen LogP contribution in [0.1, 0.15) is 12.5 Å². The molecule has 3 heteroatoms. The number of aliphatic hydroxyl groups is 1. The summed E-state index contributed by atoms with van der Waals surface area (Å²) in [6, 6.07) is 7.93. The minimum Gasteiger partial charge on any atom is -0.390 e. The molecule has 2 nitrogen and oxygen atoms in total. The van der Waals surface area contributed by atoms with Crippen LogP contribution in [0.3, 0.4) is 0 Å². The molecule has 0 amide bonds. The van der Waals surface area contributed by atoms with Gasteiger partial charge in [0, 0.05) is 18.0 Å². The molecule has 0 radical (unpaired) electrons. The van der Waals surface area contributed by atoms with Crippen LogP contribution in [0.25, 0.3) is 0 Å². The predicted octanol–water partition coefficient (Wildman–Crippen LogP) is 2.39. The Balaban J connectivity index is 2.60. The van der Waals surface area contributed by atoms with Gasteiger partial charge in [-0.3, -0.25) is 0 Å². The summed E-state index contributed by atoms with van der Waals surface area (Å²) in [5.41, 5.74) is 1.11. The van der Waals surface area contributed by atoms with E-state index in [1.165, 1.54) is 0 Å². The molecule has 0 bridgehead atoms. The summed E-state index contributed by atoms with van der Waals surface area (Å²) in [6.07, 6.45) is 0.0392. The maximum Gasteiger partial charge on any atom is 0.0839 e. The van der Waals surface area contributed by atoms with E-state index in [-0.39, 0.29) is 6.10 Å². The van der Waals surface area contributed by atoms with Crippen molar-refractivity contribution in [3.8, 4) is 0 Å². The molecule has 1 rings (SSSR count). The summed E-state index contributed by atoms with van der Waals surface area (Å²) >= 11 is 3.39. The van der Waals surface area contributed by atoms with Crippen molar-refractivity contribution in [2.45, 2.75) is 25.6 Å². The Morgan fingerprint density at radius 2 is 2.21 bits per heavy atom. The molecule has 14 heavy (non-hydrogen) atoms. The van der Waals surface area contributed by atoms with Crippen LogP contribution in [0.4, 0.5) is 0 Å². The van der Waals surface area contributed by atoms with Gasteiger partial charge in [-0.05, 0) is 24.6 Å². The second-order valence-corrected chi connectivity index (χ2v) is 4.26. The molecule has 0 saturated heterocycles. The molecule has 0 saturated carbocycles. The van der Waals surface area contributed by atoms with Gasteiger partial charge in [-0.1, -0.05) is 28.1 Å². The molecule has 0 fully saturated rings. The molecule has 1 aromatic rings. The predicted molar refractivity (Wildman–Crippen MR) is 60.3 cm³/mol. The van der Waals surface area contributed by atoms with Crippen molar-refractivity contribution in [1.82, 2.24) is 0 Å². The first kappa shape index (κ1) is 11.7. The molecule has 0 aliphatic heterocycles. The maximum atomic E-state index is 9.72. The number of aliphatic hydroxyl groups excluding tert-OH is 1. The lowest BCUT2D eigenvalue weighted by Crippen LogP contribution is -2.26. The molecule has 2 unspecified atom stereocenters. The van der Waals surface area contributed by atoms with Gasteiger partial charge >= 0.3 is 0 Å². The molecular formula is C11H15BrO2. The third-order valence-corrected chi connectivity index (χ3v) is 2.74. The summed E-state index contributed by atoms with van der Waals surface area (Å²) in [5.74, 6) is 0. The molecule has 0 aliphatic rings. The minimum atomic E-state index is -0.450. The van der Waals surface area contributed by atoms with Gasteiger partial charge in [-0.15, -0.1) is 0 Å². The largest absolute Gasteiger partial charge is 0.390 e. The van der Waals surface area contributed by atoms with E-state index in [4.69, 9.17) is 4.74 Å². The first-order chi connectivity index (χ1) is 6.63. The highest BCUT2D eigenvalue weighted by Gasteiger charge is 2.13. The second-order valence-electron chi connectivity index (χ2n) is 3.34. The summed E-state index contributed by atoms with van der Waals surface area (Å²) in [7, 11) is 1.61. The van der Waals surface area contributed by atoms with Gasteiger partial charge in [0.2, 0.25) is 0 Å². The van der Waals surface area contributed by atoms with Crippen molar-refractivity contribution in [1.29, 1.82) is 0 Å². The summed E-state index contributed by atoms with van der Waals surface area (Å²) in [6.45, 7) is 1.86. The Kier molecular flexibility index (Phi) is 4.58. The quantitative estimate of drug-likeness (QED) is 0.899. The van der Waals surface area contributed by atoms with E-state index in [1.807, 2.05) is 31.2 Å². The lowest BCUT2D eigenvalue weighted by atomic mass is 10.1. The minimum absolute atomic E-state index is 0.131. The van der Waals surface area contributed by atoms with Crippen molar-refractivity contribution < 1.29 is 9.84 Å². The van der Waals surface area contributed by atoms with E-state index in [9.17, 15) is 5.11 Å². The van der Waals surface area contributed by atoms with Crippen LogP contribution in [0.5, 0.6) is 0 Å². The van der Waals surface area contributed by atoms with Gasteiger partial charge in [-0.2, -0.15) is 0 Å². The van der Waals surface area contributed by atoms with Crippen molar-refractivity contribution in [3.05, 3.63) is 34.3 Å². The van der Waals surface area contributed by atoms with Crippen LogP contribution in [0.15, 0.2) is 28.7 Å². The number of ether oxygens (including phenoxy) is 1. The Morgan fingerprint density at radius 3 is 2.79 bits per heavy atom. The molecule has 0 heterocycles. The standard InChI is InChI=1S/C11H15BrO2/c1-8(14-2)11(13)7-9-4-3-5-10(12)6-9/h3-6,8,11,13H,7H2,1-2H3. The first-order valence-corrected chi connectivity index (χ1v) is 5.38. The molecule has 0 aliphatic carbocycles. The van der Waals surface area contributed by atoms with Gasteiger partial charge in [0.25, 0.3) is 0 Å². The van der Waals surface area contributed by atoms with Crippen LogP contribution in [0.2, 0.25) is 0 Å². The smallest absolute Gasteiger partial charge is 0.0839 e. The number of benzene rings is 1. The molecule has 0 spiro atoms. The van der Waals surface area contributed by atoms with Gasteiger partial charge < -0.3 is 9.84 Å². The Morgan fingerprint density at radius 1 is 1.50 bits per heavy atom. The average molecular weight is 259 g/mol. The fraction of sp³-hybridized carbons (Fsp3) is 0.455. The van der Waals surface area contributed by atoms with Crippen LogP contribution < -0.4 is 0 Å². The van der Waals surface area contributed by atoms with Crippen LogP contribution in [-0.4, -0.2) is 24.4 Å². The Bertz CT molecular complexity index is 288. The normalized spacial score (nSPS) is 15.1. The van der Waals surface area contributed by atoms with E-state index in [0.717, 1.165) is 10.0 Å². The molecule has 0 aromatic heterocycles. The van der Waals surface area contributed by atoms with E-state index >= 15 is 0 Å². The van der Waals surface area contributed by atoms with E-state index in [2.05, 4.69) is 15.9 Å². The van der Waals surface area contributed by atoms with Gasteiger partial charge in [-0.25, -0.2) is 0 Å². The number of hydrogen-bond acceptors (Lipinski definition) is 2. The number of methoxy groups -OCH3 is 1. The molecule has 1 N–H and O–H groups in total. The third kappa shape index (κ3) is 3.40. The van der Waals surface area contributed by atoms with E-state index in [0.29, 0.717) is 6.42 Å². The maximum absolute atomic E-state index is 9.72. The van der Waals surface area contributed by atoms with Crippen molar-refractivity contribution in [3.63, 3.8) is 0 Å². The van der Waals surface area contributed by atoms with E-state index < -0.39 is 6.10 Å². The zero-order valence-corrected chi connectivity index (χ0v) is 9.99. The van der Waals surface area contributed by atoms with Gasteiger partial charge in [0.15, 0.2) is 0 Å². The fourth-order valence-electron chi connectivity index (χ4n) is 1.23. The van der Waals surface area contributed by atoms with Crippen LogP contribution in [0, 0.1) is 0 Å². The molecule has 78 valence electrons. The zero-order valence-electron chi connectivity index (χ0n) is 8.40. The lowest BCUT2D eigenvalue weighted by Gasteiger charge is -2.17. The molecule has 2 atom stereocenters. The highest BCUT2D eigenvalue weighted by molar-refractivity contribution is 9.10. The SMILES string of the molecule is COC(C)C(O)Cc1cccc(Br)c1. The first-order valence-electron chi connectivity index (χ1n) is 4.58. The average Bonchev–Trinajstić information content (AvgIpc) is 2.16. The number of hydrogen-bond donors (Lipinski definition) is 1. The lowest BCUT2D eigenvalue weighted by molar-refractivity contribution is 0.000402. The van der Waals surface area contributed by atoms with Crippen molar-refractivity contribution in [2.24, 2.45) is 0 Å². The van der Waals surface area contributed by atoms with Crippen molar-refractivity contribution >= 4 is 15.9 Å². The highest BCUT2D eigenvalue weighted by atomic mass is 79.9. The van der Waals surface area contributed by atoms with E-state index in [1.54, 1.807) is 7.11 Å². The summed E-state index contributed by atoms with van der Waals surface area (Å²) in [4.78, 5) is 0. The van der Waals surface area contributed by atoms with Gasteiger partial charge in [0.05, 0.1) is 12.2 Å². The fourth-order valence-corrected chi connectivity index (χ4v) is 1.68. The topological polar surface area (TPSA) is 29.5 Å². The second kappa shape index (κ2) is 5.49. The van der Waals surface area contributed by atoms with Crippen LogP contribution >= 0.6 is 15.9 Å². The zero-order chi connectivity index (χ0) is 10.6. The Labute approximate surface area is 93.0 Å². The summed E-state index contributed by atoms with van der Waals surface area (Å²) < 4.78 is 6.09.